The van der Waals surface area contributed by atoms with E-state index >= 15 is 0 Å². The average molecular weight is 433 g/mol. The summed E-state index contributed by atoms with van der Waals surface area (Å²) in [6.45, 7) is 15.0. The molecule has 1 aromatic carbocycles. The average Bonchev–Trinajstić information content (AvgIpc) is 3.29. The number of benzene rings is 1. The highest BCUT2D eigenvalue weighted by atomic mass is 19.1. The fourth-order valence-electron chi connectivity index (χ4n) is 4.31. The summed E-state index contributed by atoms with van der Waals surface area (Å²) in [6, 6.07) is 8.65. The van der Waals surface area contributed by atoms with E-state index in [0.717, 1.165) is 41.8 Å². The zero-order chi connectivity index (χ0) is 23.0. The Kier molecular flexibility index (Phi) is 5.59. The summed E-state index contributed by atoms with van der Waals surface area (Å²) in [7, 11) is 0. The van der Waals surface area contributed by atoms with Gasteiger partial charge in [0.25, 0.3) is 0 Å². The number of aryl methyl sites for hydroxylation is 1. The summed E-state index contributed by atoms with van der Waals surface area (Å²) >= 11 is 0. The van der Waals surface area contributed by atoms with Gasteiger partial charge in [0, 0.05) is 17.0 Å². The van der Waals surface area contributed by atoms with E-state index in [9.17, 15) is 4.39 Å². The summed E-state index contributed by atoms with van der Waals surface area (Å²) in [5.74, 6) is 1.20. The zero-order valence-electron chi connectivity index (χ0n) is 18.9. The number of nitrogens with one attached hydrogen (secondary N) is 1. The number of hydrogen-bond donors (Lipinski definition) is 2. The van der Waals surface area contributed by atoms with Crippen LogP contribution in [0.3, 0.4) is 0 Å². The predicted octanol–water partition coefficient (Wildman–Crippen LogP) is 5.23. The highest BCUT2D eigenvalue weighted by molar-refractivity contribution is 5.75. The van der Waals surface area contributed by atoms with Crippen molar-refractivity contribution in [2.75, 3.05) is 11.1 Å². The van der Waals surface area contributed by atoms with Gasteiger partial charge < -0.3 is 11.1 Å². The second kappa shape index (κ2) is 8.22. The van der Waals surface area contributed by atoms with Crippen LogP contribution in [0.4, 0.5) is 16.0 Å². The van der Waals surface area contributed by atoms with Crippen molar-refractivity contribution >= 4 is 11.6 Å². The normalized spacial score (nSPS) is 17.3. The van der Waals surface area contributed by atoms with E-state index in [1.807, 2.05) is 19.1 Å². The Balaban J connectivity index is 1.74. The summed E-state index contributed by atoms with van der Waals surface area (Å²) < 4.78 is 16.0. The van der Waals surface area contributed by atoms with Gasteiger partial charge >= 0.3 is 0 Å². The highest BCUT2D eigenvalue weighted by Gasteiger charge is 2.43. The van der Waals surface area contributed by atoms with Gasteiger partial charge in [0.1, 0.15) is 23.1 Å². The molecule has 0 saturated heterocycles. The molecular formula is C25H29FN6. The summed E-state index contributed by atoms with van der Waals surface area (Å²) in [5.41, 5.74) is 10.7. The Morgan fingerprint density at radius 1 is 1.25 bits per heavy atom. The van der Waals surface area contributed by atoms with Crippen LogP contribution < -0.4 is 11.1 Å². The van der Waals surface area contributed by atoms with E-state index in [4.69, 9.17) is 10.7 Å². The van der Waals surface area contributed by atoms with Crippen molar-refractivity contribution in [3.05, 3.63) is 77.4 Å². The monoisotopic (exact) mass is 432 g/mol. The SMILES string of the molecule is C=C(CCC)C1(C)C(=C)Nc2nc(-c3cc(CC)n(Cc4ccccc4F)n3)nc(N)c21. The van der Waals surface area contributed by atoms with Gasteiger partial charge in [-0.25, -0.2) is 14.4 Å². The van der Waals surface area contributed by atoms with Gasteiger partial charge in [-0.2, -0.15) is 5.10 Å². The first-order valence-electron chi connectivity index (χ1n) is 10.9. The van der Waals surface area contributed by atoms with E-state index in [2.05, 4.69) is 42.4 Å². The molecule has 0 bridgehead atoms. The van der Waals surface area contributed by atoms with E-state index in [1.165, 1.54) is 6.07 Å². The third kappa shape index (κ3) is 3.47. The van der Waals surface area contributed by atoms with Crippen LogP contribution >= 0.6 is 0 Å². The van der Waals surface area contributed by atoms with E-state index < -0.39 is 5.41 Å². The van der Waals surface area contributed by atoms with Gasteiger partial charge in [-0.15, -0.1) is 0 Å². The number of rotatable bonds is 7. The summed E-state index contributed by atoms with van der Waals surface area (Å²) in [4.78, 5) is 9.33. The molecule has 0 saturated carbocycles. The second-order valence-corrected chi connectivity index (χ2v) is 8.36. The van der Waals surface area contributed by atoms with Crippen LogP contribution in [0.5, 0.6) is 0 Å². The first kappa shape index (κ1) is 21.7. The fourth-order valence-corrected chi connectivity index (χ4v) is 4.31. The molecule has 1 unspecified atom stereocenters. The number of aromatic nitrogens is 4. The topological polar surface area (TPSA) is 81.7 Å². The minimum Gasteiger partial charge on any atom is -0.383 e. The highest BCUT2D eigenvalue weighted by Crippen LogP contribution is 2.49. The largest absolute Gasteiger partial charge is 0.383 e. The van der Waals surface area contributed by atoms with E-state index in [0.29, 0.717) is 35.3 Å². The molecule has 0 aliphatic carbocycles. The Morgan fingerprint density at radius 2 is 2.00 bits per heavy atom. The molecule has 3 N–H and O–H groups in total. The number of anilines is 2. The minimum absolute atomic E-state index is 0.251. The van der Waals surface area contributed by atoms with Crippen molar-refractivity contribution in [2.24, 2.45) is 0 Å². The first-order chi connectivity index (χ1) is 15.3. The van der Waals surface area contributed by atoms with Crippen LogP contribution in [0.2, 0.25) is 0 Å². The number of nitrogens with two attached hydrogens (primary N) is 1. The third-order valence-electron chi connectivity index (χ3n) is 6.30. The van der Waals surface area contributed by atoms with Crippen molar-refractivity contribution in [3.63, 3.8) is 0 Å². The number of nitrogen functional groups attached to an aromatic ring is 1. The molecule has 1 aliphatic rings. The number of hydrogen-bond acceptors (Lipinski definition) is 5. The lowest BCUT2D eigenvalue weighted by Gasteiger charge is -2.28. The van der Waals surface area contributed by atoms with Gasteiger partial charge in [-0.1, -0.05) is 57.2 Å². The molecule has 3 heterocycles. The molecule has 1 aliphatic heterocycles. The van der Waals surface area contributed by atoms with Crippen LogP contribution in [0.15, 0.2) is 54.8 Å². The summed E-state index contributed by atoms with van der Waals surface area (Å²) in [5, 5.41) is 7.97. The summed E-state index contributed by atoms with van der Waals surface area (Å²) in [6.07, 6.45) is 2.58. The standard InChI is InChI=1S/C25H29FN6/c1-6-10-15(3)25(5)16(4)28-24-21(25)22(27)29-23(30-24)20-13-18(7-2)32(31-20)14-17-11-8-9-12-19(17)26/h8-9,11-13H,3-4,6-7,10,14H2,1-2,5H3,(H3,27,28,29,30). The van der Waals surface area contributed by atoms with Gasteiger partial charge in [-0.3, -0.25) is 4.68 Å². The molecule has 0 amide bonds. The maximum Gasteiger partial charge on any atom is 0.184 e. The molecule has 1 atom stereocenters. The minimum atomic E-state index is -0.521. The molecule has 2 aromatic heterocycles. The van der Waals surface area contributed by atoms with Crippen molar-refractivity contribution in [3.8, 4) is 11.5 Å². The van der Waals surface area contributed by atoms with Gasteiger partial charge in [0.15, 0.2) is 5.82 Å². The van der Waals surface area contributed by atoms with Crippen molar-refractivity contribution in [1.82, 2.24) is 19.7 Å². The van der Waals surface area contributed by atoms with Gasteiger partial charge in [-0.05, 0) is 31.9 Å². The number of fused-ring (bicyclic) bond motifs is 1. The Hall–Kier alpha value is -3.48. The zero-order valence-corrected chi connectivity index (χ0v) is 18.9. The molecule has 166 valence electrons. The fraction of sp³-hybridized carbons (Fsp3) is 0.320. The van der Waals surface area contributed by atoms with Crippen LogP contribution in [-0.4, -0.2) is 19.7 Å². The first-order valence-corrected chi connectivity index (χ1v) is 10.9. The van der Waals surface area contributed by atoms with Gasteiger partial charge in [0.05, 0.1) is 17.5 Å². The lowest BCUT2D eigenvalue weighted by Crippen LogP contribution is -2.25. The van der Waals surface area contributed by atoms with Crippen LogP contribution in [0.1, 0.15) is 50.4 Å². The Labute approximate surface area is 188 Å². The Bertz CT molecular complexity index is 1210. The smallest absolute Gasteiger partial charge is 0.184 e. The predicted molar refractivity (Wildman–Crippen MR) is 127 cm³/mol. The lowest BCUT2D eigenvalue weighted by molar-refractivity contribution is 0.577. The van der Waals surface area contributed by atoms with Crippen molar-refractivity contribution in [1.29, 1.82) is 0 Å². The van der Waals surface area contributed by atoms with Crippen LogP contribution in [0.25, 0.3) is 11.5 Å². The molecule has 4 rings (SSSR count). The molecule has 0 spiro atoms. The molecule has 6 nitrogen and oxygen atoms in total. The molecule has 7 heteroatoms. The Morgan fingerprint density at radius 3 is 2.69 bits per heavy atom. The molecule has 0 fully saturated rings. The van der Waals surface area contributed by atoms with E-state index in [1.54, 1.807) is 16.8 Å². The van der Waals surface area contributed by atoms with E-state index in [-0.39, 0.29) is 5.82 Å². The molecule has 3 aromatic rings. The maximum absolute atomic E-state index is 14.2. The third-order valence-corrected chi connectivity index (χ3v) is 6.30. The van der Waals surface area contributed by atoms with Gasteiger partial charge in [0.2, 0.25) is 0 Å². The lowest BCUT2D eigenvalue weighted by atomic mass is 9.75. The number of allylic oxidation sites excluding steroid dienone is 1. The quantitative estimate of drug-likeness (QED) is 0.500. The van der Waals surface area contributed by atoms with Crippen molar-refractivity contribution < 1.29 is 4.39 Å². The molecule has 32 heavy (non-hydrogen) atoms. The van der Waals surface area contributed by atoms with Crippen molar-refractivity contribution in [2.45, 2.75) is 52.0 Å². The molecular weight excluding hydrogens is 403 g/mol. The van der Waals surface area contributed by atoms with Crippen LogP contribution in [-0.2, 0) is 18.4 Å². The number of nitrogens with zero attached hydrogens (tertiary/aromatic N) is 4. The second-order valence-electron chi connectivity index (χ2n) is 8.36. The molecule has 0 radical (unpaired) electrons. The van der Waals surface area contributed by atoms with Crippen LogP contribution in [0, 0.1) is 5.82 Å². The maximum atomic E-state index is 14.2. The number of halogens is 1.